The van der Waals surface area contributed by atoms with E-state index >= 15 is 0 Å². The van der Waals surface area contributed by atoms with E-state index in [0.717, 1.165) is 5.56 Å². The lowest BCUT2D eigenvalue weighted by atomic mass is 10.1. The summed E-state index contributed by atoms with van der Waals surface area (Å²) in [5, 5.41) is 8.92. The van der Waals surface area contributed by atoms with Crippen LogP contribution in [0.5, 0.6) is 5.75 Å². The molecule has 0 aliphatic carbocycles. The lowest BCUT2D eigenvalue weighted by molar-refractivity contribution is -0.138. The Labute approximate surface area is 169 Å². The standard InChI is InChI=1S/C22H24N2O5/c1-16-22(28)24(18-10-5-6-11-19(18)29-16)15-20(25)23(13-7-12-21(26)27)14-17-8-3-2-4-9-17/h2-6,8-11,16H,7,12-15H2,1H3,(H,26,27). The quantitative estimate of drug-likeness (QED) is 0.741. The van der Waals surface area contributed by atoms with E-state index < -0.39 is 12.1 Å². The summed E-state index contributed by atoms with van der Waals surface area (Å²) in [6.07, 6.45) is -0.348. The van der Waals surface area contributed by atoms with Gasteiger partial charge >= 0.3 is 5.97 Å². The molecule has 1 atom stereocenters. The fourth-order valence-corrected chi connectivity index (χ4v) is 3.27. The Hall–Kier alpha value is -3.35. The van der Waals surface area contributed by atoms with Gasteiger partial charge in [0, 0.05) is 19.5 Å². The van der Waals surface area contributed by atoms with Crippen LogP contribution in [0, 0.1) is 0 Å². The smallest absolute Gasteiger partial charge is 0.303 e. The summed E-state index contributed by atoms with van der Waals surface area (Å²) in [7, 11) is 0. The maximum Gasteiger partial charge on any atom is 0.303 e. The van der Waals surface area contributed by atoms with Crippen LogP contribution in [0.2, 0.25) is 0 Å². The van der Waals surface area contributed by atoms with Crippen molar-refractivity contribution in [3.63, 3.8) is 0 Å². The number of carboxylic acids is 1. The third kappa shape index (κ3) is 5.13. The van der Waals surface area contributed by atoms with E-state index in [0.29, 0.717) is 30.9 Å². The molecule has 0 bridgehead atoms. The predicted molar refractivity (Wildman–Crippen MR) is 108 cm³/mol. The van der Waals surface area contributed by atoms with Crippen LogP contribution < -0.4 is 9.64 Å². The van der Waals surface area contributed by atoms with Crippen molar-refractivity contribution in [1.29, 1.82) is 0 Å². The molecule has 0 radical (unpaired) electrons. The van der Waals surface area contributed by atoms with Crippen LogP contribution >= 0.6 is 0 Å². The summed E-state index contributed by atoms with van der Waals surface area (Å²) in [4.78, 5) is 39.7. The summed E-state index contributed by atoms with van der Waals surface area (Å²) in [6, 6.07) is 16.6. The zero-order valence-corrected chi connectivity index (χ0v) is 16.3. The molecule has 1 unspecified atom stereocenters. The highest BCUT2D eigenvalue weighted by molar-refractivity contribution is 6.03. The second-order valence-corrected chi connectivity index (χ2v) is 6.95. The number of nitrogens with zero attached hydrogens (tertiary/aromatic N) is 2. The van der Waals surface area contributed by atoms with Gasteiger partial charge in [-0.25, -0.2) is 0 Å². The van der Waals surface area contributed by atoms with Gasteiger partial charge < -0.3 is 14.7 Å². The highest BCUT2D eigenvalue weighted by Gasteiger charge is 2.33. The average molecular weight is 396 g/mol. The summed E-state index contributed by atoms with van der Waals surface area (Å²) in [5.41, 5.74) is 1.51. The monoisotopic (exact) mass is 396 g/mol. The number of aliphatic carboxylic acids is 1. The molecule has 2 amide bonds. The van der Waals surface area contributed by atoms with Gasteiger partial charge in [0.15, 0.2) is 6.10 Å². The number of carbonyl (C=O) groups excluding carboxylic acids is 2. The van der Waals surface area contributed by atoms with E-state index in [9.17, 15) is 14.4 Å². The van der Waals surface area contributed by atoms with Gasteiger partial charge in [0.1, 0.15) is 12.3 Å². The fourth-order valence-electron chi connectivity index (χ4n) is 3.27. The third-order valence-electron chi connectivity index (χ3n) is 4.75. The van der Waals surface area contributed by atoms with Crippen LogP contribution in [0.15, 0.2) is 54.6 Å². The van der Waals surface area contributed by atoms with Gasteiger partial charge in [-0.3, -0.25) is 19.3 Å². The number of ether oxygens (including phenoxy) is 1. The topological polar surface area (TPSA) is 87.2 Å². The van der Waals surface area contributed by atoms with Crippen molar-refractivity contribution in [2.45, 2.75) is 32.4 Å². The molecule has 152 valence electrons. The number of carbonyl (C=O) groups is 3. The molecule has 1 aliphatic rings. The lowest BCUT2D eigenvalue weighted by Gasteiger charge is -2.34. The summed E-state index contributed by atoms with van der Waals surface area (Å²) in [6.45, 7) is 2.19. The van der Waals surface area contributed by atoms with Crippen molar-refractivity contribution in [3.05, 3.63) is 60.2 Å². The number of para-hydroxylation sites is 2. The van der Waals surface area contributed by atoms with Crippen LogP contribution in [0.25, 0.3) is 0 Å². The first kappa shape index (κ1) is 20.4. The SMILES string of the molecule is CC1Oc2ccccc2N(CC(=O)N(CCCC(=O)O)Cc2ccccc2)C1=O. The molecular formula is C22H24N2O5. The van der Waals surface area contributed by atoms with Gasteiger partial charge in [0.25, 0.3) is 5.91 Å². The maximum atomic E-state index is 13.1. The third-order valence-corrected chi connectivity index (χ3v) is 4.75. The van der Waals surface area contributed by atoms with Gasteiger partial charge in [-0.15, -0.1) is 0 Å². The van der Waals surface area contributed by atoms with E-state index in [1.165, 1.54) is 4.90 Å². The first-order chi connectivity index (χ1) is 14.0. The molecule has 0 saturated carbocycles. The van der Waals surface area contributed by atoms with Crippen LogP contribution in [0.1, 0.15) is 25.3 Å². The Bertz CT molecular complexity index is 884. The summed E-state index contributed by atoms with van der Waals surface area (Å²) in [5.74, 6) is -0.852. The number of carboxylic acid groups (broad SMARTS) is 1. The minimum absolute atomic E-state index is 0.0189. The molecule has 29 heavy (non-hydrogen) atoms. The number of benzene rings is 2. The summed E-state index contributed by atoms with van der Waals surface area (Å²) < 4.78 is 5.62. The average Bonchev–Trinajstić information content (AvgIpc) is 2.71. The molecule has 2 aromatic rings. The zero-order valence-electron chi connectivity index (χ0n) is 16.3. The van der Waals surface area contributed by atoms with Gasteiger partial charge in [-0.1, -0.05) is 42.5 Å². The Kier molecular flexibility index (Phi) is 6.49. The minimum atomic E-state index is -0.900. The molecule has 3 rings (SSSR count). The molecule has 1 N–H and O–H groups in total. The molecule has 0 fully saturated rings. The number of rotatable bonds is 8. The van der Waals surface area contributed by atoms with Gasteiger partial charge in [-0.2, -0.15) is 0 Å². The lowest BCUT2D eigenvalue weighted by Crippen LogP contribution is -2.49. The Balaban J connectivity index is 1.77. The van der Waals surface area contributed by atoms with Crippen molar-refractivity contribution in [2.24, 2.45) is 0 Å². The number of hydrogen-bond donors (Lipinski definition) is 1. The largest absolute Gasteiger partial charge is 0.481 e. The zero-order chi connectivity index (χ0) is 20.8. The molecule has 2 aromatic carbocycles. The number of anilines is 1. The van der Waals surface area contributed by atoms with Crippen molar-refractivity contribution < 1.29 is 24.2 Å². The normalized spacial score (nSPS) is 15.4. The van der Waals surface area contributed by atoms with E-state index in [-0.39, 0.29) is 24.8 Å². The molecular weight excluding hydrogens is 372 g/mol. The molecule has 0 aromatic heterocycles. The highest BCUT2D eigenvalue weighted by Crippen LogP contribution is 2.33. The first-order valence-corrected chi connectivity index (χ1v) is 9.56. The number of hydrogen-bond acceptors (Lipinski definition) is 4. The molecule has 1 aliphatic heterocycles. The maximum absolute atomic E-state index is 13.1. The second kappa shape index (κ2) is 9.23. The Morgan fingerprint density at radius 1 is 1.10 bits per heavy atom. The van der Waals surface area contributed by atoms with E-state index in [2.05, 4.69) is 0 Å². The van der Waals surface area contributed by atoms with Crippen LogP contribution in [-0.4, -0.2) is 47.0 Å². The van der Waals surface area contributed by atoms with E-state index in [4.69, 9.17) is 9.84 Å². The van der Waals surface area contributed by atoms with E-state index in [1.807, 2.05) is 36.4 Å². The molecule has 7 heteroatoms. The van der Waals surface area contributed by atoms with Crippen LogP contribution in [0.4, 0.5) is 5.69 Å². The van der Waals surface area contributed by atoms with E-state index in [1.54, 1.807) is 30.0 Å². The van der Waals surface area contributed by atoms with Crippen molar-refractivity contribution >= 4 is 23.5 Å². The molecule has 0 saturated heterocycles. The molecule has 1 heterocycles. The number of fused-ring (bicyclic) bond motifs is 1. The Morgan fingerprint density at radius 2 is 1.79 bits per heavy atom. The Morgan fingerprint density at radius 3 is 2.52 bits per heavy atom. The predicted octanol–water partition coefficient (Wildman–Crippen LogP) is 2.69. The first-order valence-electron chi connectivity index (χ1n) is 9.56. The minimum Gasteiger partial charge on any atom is -0.481 e. The van der Waals surface area contributed by atoms with Crippen molar-refractivity contribution in [1.82, 2.24) is 4.90 Å². The molecule has 0 spiro atoms. The number of amides is 2. The van der Waals surface area contributed by atoms with Crippen LogP contribution in [-0.2, 0) is 20.9 Å². The molecule has 7 nitrogen and oxygen atoms in total. The highest BCUT2D eigenvalue weighted by atomic mass is 16.5. The van der Waals surface area contributed by atoms with Crippen LogP contribution in [0.3, 0.4) is 0 Å². The van der Waals surface area contributed by atoms with Gasteiger partial charge in [0.05, 0.1) is 5.69 Å². The second-order valence-electron chi connectivity index (χ2n) is 6.95. The fraction of sp³-hybridized carbons (Fsp3) is 0.318. The van der Waals surface area contributed by atoms with Gasteiger partial charge in [-0.05, 0) is 31.0 Å². The van der Waals surface area contributed by atoms with Gasteiger partial charge in [0.2, 0.25) is 5.91 Å². The summed E-state index contributed by atoms with van der Waals surface area (Å²) >= 11 is 0. The van der Waals surface area contributed by atoms with Crippen molar-refractivity contribution in [2.75, 3.05) is 18.0 Å². The van der Waals surface area contributed by atoms with Crippen molar-refractivity contribution in [3.8, 4) is 5.75 Å².